The van der Waals surface area contributed by atoms with Gasteiger partial charge in [0.25, 0.3) is 5.56 Å². The number of aromatic amines is 1. The summed E-state index contributed by atoms with van der Waals surface area (Å²) >= 11 is 0. The van der Waals surface area contributed by atoms with Gasteiger partial charge in [-0.2, -0.15) is 0 Å². The number of amides is 1. The van der Waals surface area contributed by atoms with Crippen molar-refractivity contribution in [2.24, 2.45) is 5.92 Å². The molecule has 0 aliphatic heterocycles. The smallest absolute Gasteiger partial charge is 0.258 e. The summed E-state index contributed by atoms with van der Waals surface area (Å²) in [6, 6.07) is 7.11. The normalized spacial score (nSPS) is 15.5. The van der Waals surface area contributed by atoms with E-state index in [1.165, 1.54) is 25.7 Å². The molecule has 1 aliphatic carbocycles. The fourth-order valence-corrected chi connectivity index (χ4v) is 4.57. The Balaban J connectivity index is 1.73. The number of hydrogen-bond acceptors (Lipinski definition) is 3. The predicted octanol–water partition coefficient (Wildman–Crippen LogP) is 3.59. The zero-order valence-corrected chi connectivity index (χ0v) is 18.4. The molecule has 1 amide bonds. The number of carbonyl (C=O) groups is 1. The van der Waals surface area contributed by atoms with Crippen molar-refractivity contribution in [2.75, 3.05) is 13.1 Å². The van der Waals surface area contributed by atoms with Crippen molar-refractivity contribution in [3.05, 3.63) is 40.4 Å². The van der Waals surface area contributed by atoms with Crippen LogP contribution in [-0.4, -0.2) is 33.9 Å². The summed E-state index contributed by atoms with van der Waals surface area (Å²) < 4.78 is 0. The summed E-state index contributed by atoms with van der Waals surface area (Å²) in [4.78, 5) is 35.2. The van der Waals surface area contributed by atoms with Gasteiger partial charge in [-0.05, 0) is 50.7 Å². The van der Waals surface area contributed by atoms with Crippen LogP contribution in [0.4, 0.5) is 0 Å². The lowest BCUT2D eigenvalue weighted by atomic mass is 10.0. The maximum atomic E-state index is 13.2. The van der Waals surface area contributed by atoms with Crippen LogP contribution in [-0.2, 0) is 4.79 Å². The monoisotopic (exact) mass is 413 g/mol. The van der Waals surface area contributed by atoms with E-state index in [-0.39, 0.29) is 17.5 Å². The van der Waals surface area contributed by atoms with Gasteiger partial charge in [0, 0.05) is 13.0 Å². The van der Waals surface area contributed by atoms with Gasteiger partial charge in [0.2, 0.25) is 5.91 Å². The number of quaternary nitrogens is 1. The van der Waals surface area contributed by atoms with Crippen molar-refractivity contribution in [3.63, 3.8) is 0 Å². The molecule has 3 rings (SSSR count). The predicted molar refractivity (Wildman–Crippen MR) is 120 cm³/mol. The van der Waals surface area contributed by atoms with Crippen LogP contribution in [0.5, 0.6) is 0 Å². The lowest BCUT2D eigenvalue weighted by molar-refractivity contribution is -0.368. The molecule has 30 heavy (non-hydrogen) atoms. The van der Waals surface area contributed by atoms with Crippen LogP contribution in [0.1, 0.15) is 83.0 Å². The molecule has 6 heteroatoms. The maximum absolute atomic E-state index is 13.2. The number of nitrogens with zero attached hydrogens (tertiary/aromatic N) is 2. The molecule has 0 radical (unpaired) electrons. The Labute approximate surface area is 179 Å². The highest BCUT2D eigenvalue weighted by Crippen LogP contribution is 2.29. The molecule has 1 aromatic heterocycles. The number of unbranched alkanes of at least 4 members (excludes halogenated alkanes) is 3. The molecule has 0 unspecified atom stereocenters. The molecule has 1 aromatic carbocycles. The van der Waals surface area contributed by atoms with Gasteiger partial charge in [-0.3, -0.25) is 9.59 Å². The Morgan fingerprint density at radius 2 is 1.93 bits per heavy atom. The van der Waals surface area contributed by atoms with E-state index in [1.807, 2.05) is 30.0 Å². The van der Waals surface area contributed by atoms with Crippen molar-refractivity contribution in [1.82, 2.24) is 14.9 Å². The first-order valence-corrected chi connectivity index (χ1v) is 11.7. The van der Waals surface area contributed by atoms with E-state index < -0.39 is 0 Å². The van der Waals surface area contributed by atoms with Crippen molar-refractivity contribution >= 4 is 16.8 Å². The molecular formula is C24H37N4O2+. The average Bonchev–Trinajstić information content (AvgIpc) is 3.28. The zero-order valence-electron chi connectivity index (χ0n) is 18.4. The van der Waals surface area contributed by atoms with E-state index in [0.717, 1.165) is 38.6 Å². The van der Waals surface area contributed by atoms with Crippen molar-refractivity contribution in [3.8, 4) is 0 Å². The topological polar surface area (TPSA) is 93.7 Å². The summed E-state index contributed by atoms with van der Waals surface area (Å²) in [7, 11) is 0. The quantitative estimate of drug-likeness (QED) is 0.551. The van der Waals surface area contributed by atoms with Crippen LogP contribution in [0.2, 0.25) is 0 Å². The van der Waals surface area contributed by atoms with Crippen LogP contribution < -0.4 is 11.3 Å². The lowest BCUT2D eigenvalue weighted by Crippen LogP contribution is -2.50. The van der Waals surface area contributed by atoms with E-state index in [0.29, 0.717) is 35.6 Å². The standard InChI is InChI=1S/C24H36N4O2/c1-18(23-26-21-13-7-6-12-20(21)24(30)27-23)28(17-9-3-2-8-16-25)22(29)15-14-19-10-4-5-11-19/h6-7,12-13,18-19H,2-5,8-11,14-17,25H2,1H3,(H,26,27,30)/p+1/t18-/m1/s1. The third kappa shape index (κ3) is 5.91. The van der Waals surface area contributed by atoms with E-state index >= 15 is 0 Å². The van der Waals surface area contributed by atoms with Gasteiger partial charge >= 0.3 is 0 Å². The molecule has 2 aromatic rings. The van der Waals surface area contributed by atoms with Crippen molar-refractivity contribution < 1.29 is 10.5 Å². The molecule has 1 saturated carbocycles. The molecule has 0 bridgehead atoms. The Hall–Kier alpha value is -2.21. The maximum Gasteiger partial charge on any atom is 0.258 e. The van der Waals surface area contributed by atoms with E-state index in [4.69, 9.17) is 0 Å². The number of carbonyl (C=O) groups excluding carboxylic acids is 1. The van der Waals surface area contributed by atoms with Crippen LogP contribution in [0.15, 0.2) is 29.1 Å². The molecule has 1 atom stereocenters. The van der Waals surface area contributed by atoms with Gasteiger partial charge < -0.3 is 15.6 Å². The van der Waals surface area contributed by atoms with Crippen LogP contribution >= 0.6 is 0 Å². The number of H-pyrrole nitrogens is 1. The molecule has 164 valence electrons. The summed E-state index contributed by atoms with van der Waals surface area (Å²) in [5.41, 5.74) is 4.44. The highest BCUT2D eigenvalue weighted by molar-refractivity contribution is 5.78. The second-order valence-corrected chi connectivity index (χ2v) is 8.69. The summed E-state index contributed by atoms with van der Waals surface area (Å²) in [5.74, 6) is 1.45. The number of fused-ring (bicyclic) bond motifs is 1. The van der Waals surface area contributed by atoms with Gasteiger partial charge in [-0.15, -0.1) is 0 Å². The third-order valence-electron chi connectivity index (χ3n) is 6.45. The van der Waals surface area contributed by atoms with E-state index in [9.17, 15) is 9.59 Å². The molecule has 1 aliphatic rings. The van der Waals surface area contributed by atoms with Gasteiger partial charge in [0.05, 0.1) is 23.5 Å². The fourth-order valence-electron chi connectivity index (χ4n) is 4.57. The first-order valence-electron chi connectivity index (χ1n) is 11.7. The van der Waals surface area contributed by atoms with Gasteiger partial charge in [-0.25, -0.2) is 4.98 Å². The van der Waals surface area contributed by atoms with Gasteiger partial charge in [0.1, 0.15) is 5.82 Å². The highest BCUT2D eigenvalue weighted by atomic mass is 16.2. The highest BCUT2D eigenvalue weighted by Gasteiger charge is 2.25. The second-order valence-electron chi connectivity index (χ2n) is 8.69. The van der Waals surface area contributed by atoms with Crippen molar-refractivity contribution in [1.29, 1.82) is 0 Å². The Bertz CT molecular complexity index is 873. The van der Waals surface area contributed by atoms with Crippen LogP contribution in [0.25, 0.3) is 10.9 Å². The fraction of sp³-hybridized carbons (Fsp3) is 0.625. The SMILES string of the molecule is C[C@H](c1nc2ccccc2c(=O)[nH]1)N(CCCCCC[NH3+])C(=O)CCC1CCCC1. The minimum atomic E-state index is -0.244. The number of benzene rings is 1. The Kier molecular flexibility index (Phi) is 8.43. The zero-order chi connectivity index (χ0) is 21.3. The molecule has 1 heterocycles. The molecule has 4 N–H and O–H groups in total. The summed E-state index contributed by atoms with van der Waals surface area (Å²) in [6.07, 6.45) is 11.0. The van der Waals surface area contributed by atoms with E-state index in [1.54, 1.807) is 6.07 Å². The van der Waals surface area contributed by atoms with Gasteiger partial charge in [0.15, 0.2) is 0 Å². The van der Waals surface area contributed by atoms with Gasteiger partial charge in [-0.1, -0.05) is 44.2 Å². The summed E-state index contributed by atoms with van der Waals surface area (Å²) in [5, 5.41) is 0.584. The first-order chi connectivity index (χ1) is 14.6. The van der Waals surface area contributed by atoms with Crippen molar-refractivity contribution in [2.45, 2.75) is 77.2 Å². The number of hydrogen-bond donors (Lipinski definition) is 2. The summed E-state index contributed by atoms with van der Waals surface area (Å²) in [6.45, 7) is 3.65. The average molecular weight is 414 g/mol. The molecular weight excluding hydrogens is 376 g/mol. The third-order valence-corrected chi connectivity index (χ3v) is 6.45. The molecule has 1 fully saturated rings. The number of nitrogens with one attached hydrogen (secondary N) is 1. The molecule has 0 spiro atoms. The minimum absolute atomic E-state index is 0.142. The van der Waals surface area contributed by atoms with Crippen LogP contribution in [0, 0.1) is 5.92 Å². The van der Waals surface area contributed by atoms with E-state index in [2.05, 4.69) is 15.7 Å². The molecule has 6 nitrogen and oxygen atoms in total. The lowest BCUT2D eigenvalue weighted by Gasteiger charge is -2.29. The first kappa shape index (κ1) is 22.5. The molecule has 0 saturated heterocycles. The number of para-hydroxylation sites is 1. The minimum Gasteiger partial charge on any atom is -0.358 e. The van der Waals surface area contributed by atoms with Crippen LogP contribution in [0.3, 0.4) is 0 Å². The Morgan fingerprint density at radius 1 is 1.20 bits per heavy atom. The largest absolute Gasteiger partial charge is 0.358 e. The number of aromatic nitrogens is 2. The Morgan fingerprint density at radius 3 is 2.70 bits per heavy atom. The number of rotatable bonds is 11. The second kappa shape index (κ2) is 11.3.